The van der Waals surface area contributed by atoms with Crippen molar-refractivity contribution in [3.05, 3.63) is 23.9 Å². The average Bonchev–Trinajstić information content (AvgIpc) is 2.36. The normalized spacial score (nSPS) is 11.7. The van der Waals surface area contributed by atoms with Gasteiger partial charge in [-0.3, -0.25) is 0 Å². The minimum absolute atomic E-state index is 0.832. The number of unbranched alkanes of at least 4 members (excludes halogenated alkanes) is 1. The molecular weight excluding hydrogens is 222 g/mol. The summed E-state index contributed by atoms with van der Waals surface area (Å²) in [4.78, 5) is 2.41. The molecule has 0 radical (unpaired) electrons. The molecule has 0 saturated carbocycles. The van der Waals surface area contributed by atoms with E-state index in [1.54, 1.807) is 0 Å². The predicted molar refractivity (Wildman–Crippen MR) is 80.8 cm³/mol. The van der Waals surface area contributed by atoms with Gasteiger partial charge < -0.3 is 9.64 Å². The molecule has 0 saturated heterocycles. The van der Waals surface area contributed by atoms with E-state index >= 15 is 0 Å². The van der Waals surface area contributed by atoms with Crippen LogP contribution in [0.25, 0.3) is 0 Å². The van der Waals surface area contributed by atoms with Crippen molar-refractivity contribution >= 4 is 0 Å². The zero-order chi connectivity index (χ0) is 13.8. The molecule has 0 aliphatic rings. The van der Waals surface area contributed by atoms with Crippen molar-refractivity contribution < 1.29 is 4.74 Å². The number of likely N-dealkylation sites (N-methyl/N-ethyl adjacent to an activating group) is 1. The lowest BCUT2D eigenvalue weighted by molar-refractivity contribution is 0.111. The van der Waals surface area contributed by atoms with Gasteiger partial charge in [-0.1, -0.05) is 25.0 Å². The van der Waals surface area contributed by atoms with E-state index in [1.165, 1.54) is 17.7 Å². The van der Waals surface area contributed by atoms with Crippen LogP contribution < -0.4 is 0 Å². The number of hydrogen-bond donors (Lipinski definition) is 0. The van der Waals surface area contributed by atoms with Crippen molar-refractivity contribution in [2.24, 2.45) is 0 Å². The Labute approximate surface area is 114 Å². The van der Waals surface area contributed by atoms with Crippen LogP contribution in [0.4, 0.5) is 0 Å². The van der Waals surface area contributed by atoms with Crippen molar-refractivity contribution in [2.75, 3.05) is 26.3 Å². The second-order valence-electron chi connectivity index (χ2n) is 4.78. The van der Waals surface area contributed by atoms with Gasteiger partial charge in [-0.15, -0.1) is 6.58 Å². The first kappa shape index (κ1) is 17.2. The largest absolute Gasteiger partial charge is 0.380 e. The van der Waals surface area contributed by atoms with Crippen molar-refractivity contribution in [3.63, 3.8) is 0 Å². The van der Waals surface area contributed by atoms with Gasteiger partial charge in [0.05, 0.1) is 6.61 Å². The summed E-state index contributed by atoms with van der Waals surface area (Å²) >= 11 is 0. The van der Waals surface area contributed by atoms with E-state index in [9.17, 15) is 0 Å². The van der Waals surface area contributed by atoms with Crippen LogP contribution in [0.3, 0.4) is 0 Å². The molecule has 0 unspecified atom stereocenters. The highest BCUT2D eigenvalue weighted by atomic mass is 16.5. The van der Waals surface area contributed by atoms with Crippen molar-refractivity contribution in [1.29, 1.82) is 0 Å². The molecule has 0 aliphatic carbocycles. The maximum Gasteiger partial charge on any atom is 0.0641 e. The van der Waals surface area contributed by atoms with Gasteiger partial charge >= 0.3 is 0 Å². The van der Waals surface area contributed by atoms with Crippen LogP contribution >= 0.6 is 0 Å². The standard InChI is InChI=1S/C16H31NO/c1-6-9-13-18-14-12-17(8-3)16(7-2)11-10-15(4)5/h7H,4,6,8-14H2,1-3,5H3/b16-7+. The third-order valence-electron chi connectivity index (χ3n) is 3.08. The molecule has 2 nitrogen and oxygen atoms in total. The van der Waals surface area contributed by atoms with Crippen molar-refractivity contribution in [2.45, 2.75) is 53.4 Å². The molecule has 0 heterocycles. The Balaban J connectivity index is 3.99. The molecular formula is C16H31NO. The molecule has 2 heteroatoms. The SMILES string of the molecule is C=C(C)CC/C(=C\C)N(CC)CCOCCCC. The van der Waals surface area contributed by atoms with Gasteiger partial charge in [0.2, 0.25) is 0 Å². The Morgan fingerprint density at radius 2 is 1.94 bits per heavy atom. The first-order chi connectivity index (χ1) is 8.65. The van der Waals surface area contributed by atoms with Crippen LogP contribution in [0.15, 0.2) is 23.9 Å². The summed E-state index contributed by atoms with van der Waals surface area (Å²) in [5.74, 6) is 0. The average molecular weight is 253 g/mol. The summed E-state index contributed by atoms with van der Waals surface area (Å²) < 4.78 is 5.64. The molecule has 0 aromatic heterocycles. The van der Waals surface area contributed by atoms with Crippen LogP contribution in [0.5, 0.6) is 0 Å². The smallest absolute Gasteiger partial charge is 0.0641 e. The zero-order valence-electron chi connectivity index (χ0n) is 12.8. The van der Waals surface area contributed by atoms with E-state index in [0.29, 0.717) is 0 Å². The summed E-state index contributed by atoms with van der Waals surface area (Å²) in [6.45, 7) is 16.4. The summed E-state index contributed by atoms with van der Waals surface area (Å²) in [7, 11) is 0. The minimum atomic E-state index is 0.832. The summed E-state index contributed by atoms with van der Waals surface area (Å²) in [6.07, 6.45) is 6.76. The van der Waals surface area contributed by atoms with Gasteiger partial charge in [-0.2, -0.15) is 0 Å². The topological polar surface area (TPSA) is 12.5 Å². The summed E-state index contributed by atoms with van der Waals surface area (Å²) in [5.41, 5.74) is 2.67. The Bertz CT molecular complexity index is 245. The highest BCUT2D eigenvalue weighted by Gasteiger charge is 2.06. The second kappa shape index (κ2) is 11.3. The molecule has 0 amide bonds. The lowest BCUT2D eigenvalue weighted by Crippen LogP contribution is -2.27. The third kappa shape index (κ3) is 8.35. The number of allylic oxidation sites excluding steroid dienone is 3. The van der Waals surface area contributed by atoms with Gasteiger partial charge in [-0.25, -0.2) is 0 Å². The van der Waals surface area contributed by atoms with Crippen molar-refractivity contribution in [3.8, 4) is 0 Å². The number of hydrogen-bond acceptors (Lipinski definition) is 2. The van der Waals surface area contributed by atoms with E-state index in [0.717, 1.165) is 45.6 Å². The molecule has 0 bridgehead atoms. The monoisotopic (exact) mass is 253 g/mol. The van der Waals surface area contributed by atoms with Crippen LogP contribution in [-0.4, -0.2) is 31.2 Å². The second-order valence-corrected chi connectivity index (χ2v) is 4.78. The first-order valence-electron chi connectivity index (χ1n) is 7.27. The van der Waals surface area contributed by atoms with E-state index in [2.05, 4.69) is 45.2 Å². The van der Waals surface area contributed by atoms with E-state index in [4.69, 9.17) is 4.74 Å². The van der Waals surface area contributed by atoms with E-state index < -0.39 is 0 Å². The van der Waals surface area contributed by atoms with Crippen LogP contribution in [-0.2, 0) is 4.74 Å². The number of nitrogens with zero attached hydrogens (tertiary/aromatic N) is 1. The molecule has 18 heavy (non-hydrogen) atoms. The van der Waals surface area contributed by atoms with Crippen LogP contribution in [0, 0.1) is 0 Å². The van der Waals surface area contributed by atoms with Crippen LogP contribution in [0.2, 0.25) is 0 Å². The number of ether oxygens (including phenoxy) is 1. The lowest BCUT2D eigenvalue weighted by Gasteiger charge is -2.26. The van der Waals surface area contributed by atoms with Crippen molar-refractivity contribution in [1.82, 2.24) is 4.90 Å². The van der Waals surface area contributed by atoms with Gasteiger partial charge in [-0.05, 0) is 40.0 Å². The first-order valence-corrected chi connectivity index (χ1v) is 7.27. The molecule has 0 fully saturated rings. The molecule has 0 rings (SSSR count). The Morgan fingerprint density at radius 1 is 1.22 bits per heavy atom. The molecule has 0 aromatic rings. The fourth-order valence-electron chi connectivity index (χ4n) is 1.85. The fourth-order valence-corrected chi connectivity index (χ4v) is 1.85. The molecule has 0 aliphatic heterocycles. The minimum Gasteiger partial charge on any atom is -0.380 e. The van der Waals surface area contributed by atoms with E-state index in [1.807, 2.05) is 0 Å². The van der Waals surface area contributed by atoms with Gasteiger partial charge in [0.15, 0.2) is 0 Å². The quantitative estimate of drug-likeness (QED) is 0.400. The summed E-state index contributed by atoms with van der Waals surface area (Å²) in [5, 5.41) is 0. The molecule has 0 spiro atoms. The Morgan fingerprint density at radius 3 is 2.44 bits per heavy atom. The maximum absolute atomic E-state index is 5.64. The Kier molecular flexibility index (Phi) is 10.9. The van der Waals surface area contributed by atoms with Gasteiger partial charge in [0.1, 0.15) is 0 Å². The molecule has 0 aromatic carbocycles. The van der Waals surface area contributed by atoms with Gasteiger partial charge in [0.25, 0.3) is 0 Å². The number of rotatable bonds is 11. The summed E-state index contributed by atoms with van der Waals surface area (Å²) in [6, 6.07) is 0. The molecule has 0 atom stereocenters. The van der Waals surface area contributed by atoms with Crippen LogP contribution in [0.1, 0.15) is 53.4 Å². The fraction of sp³-hybridized carbons (Fsp3) is 0.750. The predicted octanol–water partition coefficient (Wildman–Crippen LogP) is 4.39. The molecule has 0 N–H and O–H groups in total. The maximum atomic E-state index is 5.64. The third-order valence-corrected chi connectivity index (χ3v) is 3.08. The lowest BCUT2D eigenvalue weighted by atomic mass is 10.1. The Hall–Kier alpha value is -0.760. The zero-order valence-corrected chi connectivity index (χ0v) is 12.8. The van der Waals surface area contributed by atoms with Gasteiger partial charge in [0, 0.05) is 25.4 Å². The highest BCUT2D eigenvalue weighted by molar-refractivity contribution is 5.03. The highest BCUT2D eigenvalue weighted by Crippen LogP contribution is 2.14. The molecule has 106 valence electrons. The van der Waals surface area contributed by atoms with E-state index in [-0.39, 0.29) is 0 Å².